The molecule has 5 heteroatoms. The molecule has 0 bridgehead atoms. The quantitative estimate of drug-likeness (QED) is 0.476. The lowest BCUT2D eigenvalue weighted by Gasteiger charge is -2.35. The van der Waals surface area contributed by atoms with Gasteiger partial charge in [-0.15, -0.1) is 0 Å². The summed E-state index contributed by atoms with van der Waals surface area (Å²) in [6.45, 7) is 1.71. The van der Waals surface area contributed by atoms with Crippen molar-refractivity contribution in [2.45, 2.75) is 25.0 Å². The minimum absolute atomic E-state index is 0.0877. The number of ether oxygens (including phenoxy) is 5. The van der Waals surface area contributed by atoms with Gasteiger partial charge in [0.2, 0.25) is 0 Å². The van der Waals surface area contributed by atoms with Crippen LogP contribution in [0.1, 0.15) is 6.42 Å². The van der Waals surface area contributed by atoms with Crippen LogP contribution in [0.2, 0.25) is 0 Å². The maximum atomic E-state index is 5.30. The summed E-state index contributed by atoms with van der Waals surface area (Å²) in [5.41, 5.74) is 0. The monoisotopic (exact) mass is 174 g/mol. The Bertz CT molecular complexity index is 188. The molecule has 0 aromatic heterocycles. The SMILES string of the molecule is C1COC2(OC1)OCC1OC1O2. The lowest BCUT2D eigenvalue weighted by molar-refractivity contribution is -0.525. The topological polar surface area (TPSA) is 49.5 Å². The zero-order chi connectivity index (χ0) is 8.02. The van der Waals surface area contributed by atoms with Crippen LogP contribution in [0.25, 0.3) is 0 Å². The van der Waals surface area contributed by atoms with E-state index in [0.717, 1.165) is 6.42 Å². The Morgan fingerprint density at radius 1 is 1.08 bits per heavy atom. The largest absolute Gasteiger partial charge is 0.415 e. The molecule has 3 aliphatic rings. The van der Waals surface area contributed by atoms with Gasteiger partial charge in [-0.1, -0.05) is 0 Å². The zero-order valence-electron chi connectivity index (χ0n) is 6.52. The number of fused-ring (bicyclic) bond motifs is 1. The van der Waals surface area contributed by atoms with Crippen LogP contribution in [0, 0.1) is 0 Å². The van der Waals surface area contributed by atoms with E-state index in [1.165, 1.54) is 0 Å². The van der Waals surface area contributed by atoms with Gasteiger partial charge in [-0.05, 0) is 6.42 Å². The standard InChI is InChI=1S/C7H10O5/c1-2-8-7(9-3-1)10-4-5-6(11-5)12-7/h5-6H,1-4H2. The highest BCUT2D eigenvalue weighted by Gasteiger charge is 2.56. The van der Waals surface area contributed by atoms with Crippen LogP contribution in [0.5, 0.6) is 0 Å². The van der Waals surface area contributed by atoms with Crippen molar-refractivity contribution in [1.29, 1.82) is 0 Å². The van der Waals surface area contributed by atoms with E-state index in [-0.39, 0.29) is 12.4 Å². The molecule has 0 aromatic carbocycles. The Morgan fingerprint density at radius 2 is 1.92 bits per heavy atom. The molecule has 0 amide bonds. The first-order valence-corrected chi connectivity index (χ1v) is 4.13. The molecule has 3 saturated heterocycles. The fourth-order valence-corrected chi connectivity index (χ4v) is 1.36. The van der Waals surface area contributed by atoms with E-state index >= 15 is 0 Å². The molecule has 3 heterocycles. The third-order valence-corrected chi connectivity index (χ3v) is 2.07. The van der Waals surface area contributed by atoms with Gasteiger partial charge in [0.15, 0.2) is 6.29 Å². The molecule has 3 rings (SSSR count). The third kappa shape index (κ3) is 1.06. The second-order valence-corrected chi connectivity index (χ2v) is 3.02. The predicted molar refractivity (Wildman–Crippen MR) is 34.9 cm³/mol. The van der Waals surface area contributed by atoms with Gasteiger partial charge in [0.1, 0.15) is 6.10 Å². The number of epoxide rings is 1. The lowest BCUT2D eigenvalue weighted by Crippen LogP contribution is -2.49. The van der Waals surface area contributed by atoms with Gasteiger partial charge < -0.3 is 18.9 Å². The highest BCUT2D eigenvalue weighted by atomic mass is 17.1. The highest BCUT2D eigenvalue weighted by Crippen LogP contribution is 2.37. The van der Waals surface area contributed by atoms with Crippen molar-refractivity contribution in [2.24, 2.45) is 0 Å². The van der Waals surface area contributed by atoms with Crippen LogP contribution in [0.3, 0.4) is 0 Å². The second-order valence-electron chi connectivity index (χ2n) is 3.02. The Balaban J connectivity index is 1.71. The molecule has 2 atom stereocenters. The molecule has 1 spiro atoms. The van der Waals surface area contributed by atoms with Gasteiger partial charge in [0.05, 0.1) is 19.8 Å². The number of rotatable bonds is 0. The maximum absolute atomic E-state index is 5.30. The molecule has 0 saturated carbocycles. The van der Waals surface area contributed by atoms with Crippen LogP contribution in [0.15, 0.2) is 0 Å². The summed E-state index contributed by atoms with van der Waals surface area (Å²) >= 11 is 0. The number of hydrogen-bond acceptors (Lipinski definition) is 5. The van der Waals surface area contributed by atoms with Crippen LogP contribution < -0.4 is 0 Å². The minimum Gasteiger partial charge on any atom is -0.339 e. The normalized spacial score (nSPS) is 44.0. The minimum atomic E-state index is -1.25. The van der Waals surface area contributed by atoms with Gasteiger partial charge in [-0.3, -0.25) is 4.74 Å². The first-order valence-electron chi connectivity index (χ1n) is 4.13. The summed E-state index contributed by atoms with van der Waals surface area (Å²) in [5, 5.41) is 0. The van der Waals surface area contributed by atoms with Gasteiger partial charge in [-0.25, -0.2) is 0 Å². The highest BCUT2D eigenvalue weighted by molar-refractivity contribution is 4.81. The van der Waals surface area contributed by atoms with E-state index in [1.54, 1.807) is 0 Å². The van der Waals surface area contributed by atoms with Crippen LogP contribution in [-0.2, 0) is 23.7 Å². The Kier molecular flexibility index (Phi) is 1.44. The molecule has 0 radical (unpaired) electrons. The van der Waals surface area contributed by atoms with Crippen molar-refractivity contribution < 1.29 is 23.7 Å². The molecule has 5 nitrogen and oxygen atoms in total. The van der Waals surface area contributed by atoms with Crippen molar-refractivity contribution in [2.75, 3.05) is 19.8 Å². The molecule has 0 aromatic rings. The summed E-state index contributed by atoms with van der Waals surface area (Å²) in [7, 11) is 0. The summed E-state index contributed by atoms with van der Waals surface area (Å²) in [5.74, 6) is 0. The lowest BCUT2D eigenvalue weighted by atomic mass is 10.4. The average Bonchev–Trinajstić information content (AvgIpc) is 2.84. The summed E-state index contributed by atoms with van der Waals surface area (Å²) < 4.78 is 26.2. The first-order chi connectivity index (χ1) is 5.88. The van der Waals surface area contributed by atoms with Gasteiger partial charge in [0, 0.05) is 0 Å². The Hall–Kier alpha value is -0.200. The number of hydrogen-bond donors (Lipinski definition) is 0. The van der Waals surface area contributed by atoms with E-state index in [2.05, 4.69) is 0 Å². The van der Waals surface area contributed by atoms with E-state index in [4.69, 9.17) is 23.7 Å². The fraction of sp³-hybridized carbons (Fsp3) is 1.00. The first kappa shape index (κ1) is 7.23. The van der Waals surface area contributed by atoms with Crippen LogP contribution in [-0.4, -0.2) is 38.4 Å². The van der Waals surface area contributed by atoms with Crippen molar-refractivity contribution in [1.82, 2.24) is 0 Å². The summed E-state index contributed by atoms with van der Waals surface area (Å²) in [6.07, 6.45) is -0.471. The van der Waals surface area contributed by atoms with E-state index < -0.39 is 6.16 Å². The maximum Gasteiger partial charge on any atom is 0.415 e. The smallest absolute Gasteiger partial charge is 0.339 e. The summed E-state index contributed by atoms with van der Waals surface area (Å²) in [6, 6.07) is 0. The van der Waals surface area contributed by atoms with Gasteiger partial charge in [0.25, 0.3) is 0 Å². The molecule has 2 unspecified atom stereocenters. The molecule has 0 N–H and O–H groups in total. The van der Waals surface area contributed by atoms with Crippen LogP contribution in [0.4, 0.5) is 0 Å². The Labute approximate surface area is 69.5 Å². The molecular weight excluding hydrogens is 164 g/mol. The van der Waals surface area contributed by atoms with Gasteiger partial charge >= 0.3 is 6.16 Å². The zero-order valence-corrected chi connectivity index (χ0v) is 6.52. The van der Waals surface area contributed by atoms with Crippen molar-refractivity contribution in [3.63, 3.8) is 0 Å². The molecule has 12 heavy (non-hydrogen) atoms. The van der Waals surface area contributed by atoms with Crippen molar-refractivity contribution >= 4 is 0 Å². The van der Waals surface area contributed by atoms with Gasteiger partial charge in [-0.2, -0.15) is 0 Å². The van der Waals surface area contributed by atoms with E-state index in [0.29, 0.717) is 19.8 Å². The van der Waals surface area contributed by atoms with Crippen LogP contribution >= 0.6 is 0 Å². The molecule has 0 aliphatic carbocycles. The molecule has 68 valence electrons. The fourth-order valence-electron chi connectivity index (χ4n) is 1.36. The average molecular weight is 174 g/mol. The van der Waals surface area contributed by atoms with E-state index in [1.807, 2.05) is 0 Å². The van der Waals surface area contributed by atoms with Crippen molar-refractivity contribution in [3.05, 3.63) is 0 Å². The second kappa shape index (κ2) is 2.40. The van der Waals surface area contributed by atoms with E-state index in [9.17, 15) is 0 Å². The summed E-state index contributed by atoms with van der Waals surface area (Å²) in [4.78, 5) is 0. The van der Waals surface area contributed by atoms with Crippen molar-refractivity contribution in [3.8, 4) is 0 Å². The Morgan fingerprint density at radius 3 is 2.67 bits per heavy atom. The third-order valence-electron chi connectivity index (χ3n) is 2.07. The molecular formula is C7H10O5. The molecule has 3 fully saturated rings. The molecule has 3 aliphatic heterocycles. The predicted octanol–water partition coefficient (Wildman–Crippen LogP) is -0.194.